The van der Waals surface area contributed by atoms with Gasteiger partial charge in [-0.05, 0) is 78.8 Å². The first-order valence-corrected chi connectivity index (χ1v) is 13.2. The summed E-state index contributed by atoms with van der Waals surface area (Å²) in [7, 11) is 1.66. The van der Waals surface area contributed by atoms with Crippen LogP contribution in [0.2, 0.25) is 0 Å². The lowest BCUT2D eigenvalue weighted by Gasteiger charge is -2.31. The van der Waals surface area contributed by atoms with Crippen LogP contribution >= 0.6 is 11.3 Å². The zero-order valence-corrected chi connectivity index (χ0v) is 21.0. The molecule has 0 radical (unpaired) electrons. The normalized spacial score (nSPS) is 16.5. The Labute approximate surface area is 214 Å². The number of nitrogens with zero attached hydrogens (tertiary/aromatic N) is 2. The standard InChI is InChI=1S/C29H28FN3O2S/c1-35-22-7-4-6-20(16-22)27-25-9-5-15-32(25)28-24(23-8-2-3-10-26(23)36-28)18-33(27)29(34)31-17-19-11-13-21(30)14-12-19/h4-7,9,11-16,27H,2-3,8,10,17-18H2,1H3,(H,31,34)/t27-/m1/s1. The number of benzene rings is 2. The largest absolute Gasteiger partial charge is 0.497 e. The zero-order valence-electron chi connectivity index (χ0n) is 20.2. The van der Waals surface area contributed by atoms with Gasteiger partial charge in [-0.3, -0.25) is 0 Å². The molecule has 0 spiro atoms. The number of nitrogens with one attached hydrogen (secondary N) is 1. The minimum Gasteiger partial charge on any atom is -0.497 e. The molecule has 1 atom stereocenters. The highest BCUT2D eigenvalue weighted by molar-refractivity contribution is 7.15. The van der Waals surface area contributed by atoms with E-state index in [-0.39, 0.29) is 17.9 Å². The Kier molecular flexibility index (Phi) is 6.01. The van der Waals surface area contributed by atoms with E-state index < -0.39 is 0 Å². The quantitative estimate of drug-likeness (QED) is 0.353. The predicted molar refractivity (Wildman–Crippen MR) is 139 cm³/mol. The van der Waals surface area contributed by atoms with E-state index in [1.807, 2.05) is 34.4 Å². The molecule has 0 fully saturated rings. The highest BCUT2D eigenvalue weighted by Gasteiger charge is 2.36. The third kappa shape index (κ3) is 4.07. The summed E-state index contributed by atoms with van der Waals surface area (Å²) in [6, 6.07) is 17.9. The number of hydrogen-bond donors (Lipinski definition) is 1. The van der Waals surface area contributed by atoms with Crippen molar-refractivity contribution in [1.82, 2.24) is 14.8 Å². The first kappa shape index (κ1) is 22.9. The van der Waals surface area contributed by atoms with Gasteiger partial charge < -0.3 is 19.5 Å². The lowest BCUT2D eigenvalue weighted by Crippen LogP contribution is -2.41. The average Bonchev–Trinajstić information content (AvgIpc) is 3.50. The van der Waals surface area contributed by atoms with Crippen molar-refractivity contribution in [2.75, 3.05) is 7.11 Å². The molecular weight excluding hydrogens is 473 g/mol. The van der Waals surface area contributed by atoms with E-state index in [2.05, 4.69) is 34.3 Å². The molecule has 184 valence electrons. The van der Waals surface area contributed by atoms with Crippen molar-refractivity contribution in [2.45, 2.75) is 44.8 Å². The molecule has 0 bridgehead atoms. The van der Waals surface area contributed by atoms with E-state index in [1.165, 1.54) is 46.0 Å². The maximum atomic E-state index is 13.9. The van der Waals surface area contributed by atoms with Gasteiger partial charge in [0.2, 0.25) is 0 Å². The Balaban J connectivity index is 1.43. The molecule has 0 unspecified atom stereocenters. The molecule has 1 N–H and O–H groups in total. The molecule has 36 heavy (non-hydrogen) atoms. The Morgan fingerprint density at radius 2 is 1.92 bits per heavy atom. The Morgan fingerprint density at radius 1 is 1.08 bits per heavy atom. The second-order valence-electron chi connectivity index (χ2n) is 9.39. The fraction of sp³-hybridized carbons (Fsp3) is 0.276. The first-order chi connectivity index (χ1) is 17.6. The second-order valence-corrected chi connectivity index (χ2v) is 10.5. The summed E-state index contributed by atoms with van der Waals surface area (Å²) in [5.74, 6) is 0.472. The number of methoxy groups -OCH3 is 1. The van der Waals surface area contributed by atoms with Crippen LogP contribution in [0.25, 0.3) is 5.00 Å². The van der Waals surface area contributed by atoms with Gasteiger partial charge in [0, 0.05) is 23.2 Å². The maximum absolute atomic E-state index is 13.9. The van der Waals surface area contributed by atoms with Crippen molar-refractivity contribution in [3.63, 3.8) is 0 Å². The lowest BCUT2D eigenvalue weighted by atomic mass is 9.95. The maximum Gasteiger partial charge on any atom is 0.318 e. The van der Waals surface area contributed by atoms with Gasteiger partial charge in [-0.1, -0.05) is 24.3 Å². The number of thiophene rings is 1. The van der Waals surface area contributed by atoms with Crippen LogP contribution in [0.5, 0.6) is 5.75 Å². The minimum atomic E-state index is -0.290. The van der Waals surface area contributed by atoms with Gasteiger partial charge in [-0.15, -0.1) is 11.3 Å². The number of amides is 2. The topological polar surface area (TPSA) is 46.5 Å². The highest BCUT2D eigenvalue weighted by Crippen LogP contribution is 2.44. The molecule has 0 saturated carbocycles. The Hall–Kier alpha value is -3.58. The fourth-order valence-electron chi connectivity index (χ4n) is 5.43. The molecule has 1 aliphatic heterocycles. The van der Waals surface area contributed by atoms with Crippen LogP contribution in [0.3, 0.4) is 0 Å². The van der Waals surface area contributed by atoms with Gasteiger partial charge in [-0.2, -0.15) is 0 Å². The number of carbonyl (C=O) groups is 1. The van der Waals surface area contributed by atoms with E-state index in [0.717, 1.165) is 35.4 Å². The van der Waals surface area contributed by atoms with Crippen LogP contribution in [-0.4, -0.2) is 22.6 Å². The fourth-order valence-corrected chi connectivity index (χ4v) is 6.83. The summed E-state index contributed by atoms with van der Waals surface area (Å²) < 4.78 is 21.2. The molecule has 4 aromatic rings. The number of urea groups is 1. The third-order valence-electron chi connectivity index (χ3n) is 7.21. The summed E-state index contributed by atoms with van der Waals surface area (Å²) in [6.45, 7) is 0.857. The number of hydrogen-bond acceptors (Lipinski definition) is 3. The molecule has 2 amide bonds. The molecule has 3 heterocycles. The summed E-state index contributed by atoms with van der Waals surface area (Å²) in [4.78, 5) is 17.3. The van der Waals surface area contributed by atoms with Gasteiger partial charge in [0.25, 0.3) is 0 Å². The monoisotopic (exact) mass is 501 g/mol. The van der Waals surface area contributed by atoms with Crippen molar-refractivity contribution in [3.8, 4) is 10.8 Å². The van der Waals surface area contributed by atoms with Gasteiger partial charge in [0.15, 0.2) is 0 Å². The average molecular weight is 502 g/mol. The van der Waals surface area contributed by atoms with Crippen LogP contribution in [0.4, 0.5) is 9.18 Å². The van der Waals surface area contributed by atoms with Crippen LogP contribution < -0.4 is 10.1 Å². The molecule has 2 aliphatic rings. The van der Waals surface area contributed by atoms with Crippen molar-refractivity contribution in [1.29, 1.82) is 0 Å². The van der Waals surface area contributed by atoms with Gasteiger partial charge in [-0.25, -0.2) is 9.18 Å². The van der Waals surface area contributed by atoms with E-state index in [9.17, 15) is 9.18 Å². The highest BCUT2D eigenvalue weighted by atomic mass is 32.1. The number of halogens is 1. The third-order valence-corrected chi connectivity index (χ3v) is 8.54. The number of aryl methyl sites for hydroxylation is 1. The molecule has 5 nitrogen and oxygen atoms in total. The van der Waals surface area contributed by atoms with Gasteiger partial charge in [0.1, 0.15) is 16.6 Å². The van der Waals surface area contributed by atoms with Crippen LogP contribution in [0.15, 0.2) is 66.9 Å². The SMILES string of the molecule is COc1cccc([C@@H]2c3cccn3-c3sc4c(c3CN2C(=O)NCc2ccc(F)cc2)CCCC4)c1. The predicted octanol–water partition coefficient (Wildman–Crippen LogP) is 6.38. The lowest BCUT2D eigenvalue weighted by molar-refractivity contribution is 0.180. The number of carbonyl (C=O) groups excluding carboxylic acids is 1. The Morgan fingerprint density at radius 3 is 2.75 bits per heavy atom. The zero-order chi connectivity index (χ0) is 24.6. The van der Waals surface area contributed by atoms with Crippen molar-refractivity contribution < 1.29 is 13.9 Å². The summed E-state index contributed by atoms with van der Waals surface area (Å²) in [5.41, 5.74) is 5.58. The molecule has 7 heteroatoms. The number of rotatable bonds is 4. The summed E-state index contributed by atoms with van der Waals surface area (Å²) in [6.07, 6.45) is 6.69. The Bertz CT molecular complexity index is 1410. The second kappa shape index (κ2) is 9.47. The summed E-state index contributed by atoms with van der Waals surface area (Å²) in [5, 5.41) is 4.32. The van der Waals surface area contributed by atoms with E-state index in [1.54, 1.807) is 19.2 Å². The van der Waals surface area contributed by atoms with Gasteiger partial charge in [0.05, 0.1) is 25.4 Å². The molecule has 0 saturated heterocycles. The van der Waals surface area contributed by atoms with Crippen LogP contribution in [-0.2, 0) is 25.9 Å². The molecule has 6 rings (SSSR count). The van der Waals surface area contributed by atoms with Crippen molar-refractivity contribution in [3.05, 3.63) is 106 Å². The molecular formula is C29H28FN3O2S. The minimum absolute atomic E-state index is 0.150. The van der Waals surface area contributed by atoms with Crippen molar-refractivity contribution >= 4 is 17.4 Å². The molecule has 1 aliphatic carbocycles. The summed E-state index contributed by atoms with van der Waals surface area (Å²) >= 11 is 1.87. The van der Waals surface area contributed by atoms with Crippen LogP contribution in [0.1, 0.15) is 51.7 Å². The van der Waals surface area contributed by atoms with E-state index >= 15 is 0 Å². The number of fused-ring (bicyclic) bond motifs is 5. The van der Waals surface area contributed by atoms with Crippen LogP contribution in [0, 0.1) is 5.82 Å². The van der Waals surface area contributed by atoms with E-state index in [0.29, 0.717) is 13.1 Å². The number of aromatic nitrogens is 1. The number of ether oxygens (including phenoxy) is 1. The van der Waals surface area contributed by atoms with E-state index in [4.69, 9.17) is 4.74 Å². The molecule has 2 aromatic carbocycles. The first-order valence-electron chi connectivity index (χ1n) is 12.4. The van der Waals surface area contributed by atoms with Gasteiger partial charge >= 0.3 is 6.03 Å². The molecule has 2 aromatic heterocycles. The smallest absolute Gasteiger partial charge is 0.318 e. The van der Waals surface area contributed by atoms with Crippen molar-refractivity contribution in [2.24, 2.45) is 0 Å².